The number of amides is 1. The fourth-order valence-electron chi connectivity index (χ4n) is 2.00. The van der Waals surface area contributed by atoms with Gasteiger partial charge in [0.15, 0.2) is 13.2 Å². The van der Waals surface area contributed by atoms with Crippen LogP contribution >= 0.6 is 0 Å². The molecule has 1 aromatic rings. The molecule has 1 saturated heterocycles. The van der Waals surface area contributed by atoms with Crippen LogP contribution in [0, 0.1) is 0 Å². The van der Waals surface area contributed by atoms with Crippen molar-refractivity contribution in [2.45, 2.75) is 19.0 Å². The summed E-state index contributed by atoms with van der Waals surface area (Å²) in [5.41, 5.74) is 0. The molecule has 0 N–H and O–H groups in total. The standard InChI is InChI=1S/C14H16F3NO3/c15-14(16,17)10-21-12-5-3-11(4-6-12)20-9-13(19)18-7-1-2-8-18/h3-6H,1-2,7-10H2. The largest absolute Gasteiger partial charge is 0.484 e. The smallest absolute Gasteiger partial charge is 0.422 e. The van der Waals surface area contributed by atoms with E-state index in [9.17, 15) is 18.0 Å². The molecule has 0 unspecified atom stereocenters. The Hall–Kier alpha value is -1.92. The summed E-state index contributed by atoms with van der Waals surface area (Å²) in [6.45, 7) is 0.113. The molecule has 0 radical (unpaired) electrons. The Kier molecular flexibility index (Phi) is 4.93. The second kappa shape index (κ2) is 6.69. The topological polar surface area (TPSA) is 38.8 Å². The molecule has 0 aliphatic carbocycles. The molecule has 1 aliphatic rings. The van der Waals surface area contributed by atoms with Crippen LogP contribution in [0.4, 0.5) is 13.2 Å². The first-order valence-corrected chi connectivity index (χ1v) is 6.64. The molecule has 1 heterocycles. The second-order valence-corrected chi connectivity index (χ2v) is 4.75. The molecule has 0 saturated carbocycles. The third-order valence-electron chi connectivity index (χ3n) is 3.05. The molecule has 1 fully saturated rings. The van der Waals surface area contributed by atoms with Crippen molar-refractivity contribution in [3.8, 4) is 11.5 Å². The number of hydrogen-bond acceptors (Lipinski definition) is 3. The minimum atomic E-state index is -4.36. The molecule has 1 aliphatic heterocycles. The molecule has 0 spiro atoms. The van der Waals surface area contributed by atoms with Crippen LogP contribution in [-0.4, -0.2) is 43.3 Å². The summed E-state index contributed by atoms with van der Waals surface area (Å²) in [5, 5.41) is 0. The molecule has 0 aromatic heterocycles. The second-order valence-electron chi connectivity index (χ2n) is 4.75. The Morgan fingerprint density at radius 3 is 2.10 bits per heavy atom. The van der Waals surface area contributed by atoms with Gasteiger partial charge < -0.3 is 14.4 Å². The number of benzene rings is 1. The Morgan fingerprint density at radius 1 is 1.05 bits per heavy atom. The van der Waals surface area contributed by atoms with Gasteiger partial charge in [-0.3, -0.25) is 4.79 Å². The normalized spacial score (nSPS) is 15.1. The molecular weight excluding hydrogens is 287 g/mol. The van der Waals surface area contributed by atoms with Crippen molar-refractivity contribution >= 4 is 5.91 Å². The van der Waals surface area contributed by atoms with Crippen molar-refractivity contribution < 1.29 is 27.4 Å². The highest BCUT2D eigenvalue weighted by molar-refractivity contribution is 5.78. The third-order valence-corrected chi connectivity index (χ3v) is 3.05. The van der Waals surface area contributed by atoms with Crippen molar-refractivity contribution in [3.05, 3.63) is 24.3 Å². The maximum Gasteiger partial charge on any atom is 0.422 e. The van der Waals surface area contributed by atoms with Gasteiger partial charge >= 0.3 is 6.18 Å². The average Bonchev–Trinajstić information content (AvgIpc) is 2.97. The third kappa shape index (κ3) is 5.17. The van der Waals surface area contributed by atoms with Crippen LogP contribution in [0.25, 0.3) is 0 Å². The Morgan fingerprint density at radius 2 is 1.57 bits per heavy atom. The van der Waals surface area contributed by atoms with E-state index < -0.39 is 12.8 Å². The SMILES string of the molecule is O=C(COc1ccc(OCC(F)(F)F)cc1)N1CCCC1. The number of hydrogen-bond donors (Lipinski definition) is 0. The monoisotopic (exact) mass is 303 g/mol. The van der Waals surface area contributed by atoms with Crippen molar-refractivity contribution in [1.82, 2.24) is 4.90 Å². The number of likely N-dealkylation sites (tertiary alicyclic amines) is 1. The first-order valence-electron chi connectivity index (χ1n) is 6.64. The number of alkyl halides is 3. The maximum absolute atomic E-state index is 12.0. The van der Waals surface area contributed by atoms with Crippen LogP contribution in [0.3, 0.4) is 0 Å². The highest BCUT2D eigenvalue weighted by Gasteiger charge is 2.28. The number of carbonyl (C=O) groups excluding carboxylic acids is 1. The Labute approximate surface area is 120 Å². The van der Waals surface area contributed by atoms with E-state index in [4.69, 9.17) is 4.74 Å². The van der Waals surface area contributed by atoms with E-state index in [0.717, 1.165) is 25.9 Å². The van der Waals surface area contributed by atoms with Crippen LogP contribution in [-0.2, 0) is 4.79 Å². The predicted octanol–water partition coefficient (Wildman–Crippen LogP) is 2.63. The molecule has 0 atom stereocenters. The fourth-order valence-corrected chi connectivity index (χ4v) is 2.00. The Balaban J connectivity index is 1.78. The van der Waals surface area contributed by atoms with E-state index >= 15 is 0 Å². The van der Waals surface area contributed by atoms with Crippen LogP contribution in [0.5, 0.6) is 11.5 Å². The lowest BCUT2D eigenvalue weighted by Crippen LogP contribution is -2.32. The molecule has 21 heavy (non-hydrogen) atoms. The number of halogens is 3. The van der Waals surface area contributed by atoms with E-state index in [1.165, 1.54) is 24.3 Å². The molecule has 1 aromatic carbocycles. The molecular formula is C14H16F3NO3. The number of carbonyl (C=O) groups is 1. The van der Waals surface area contributed by atoms with Crippen LogP contribution in [0.1, 0.15) is 12.8 Å². The first kappa shape index (κ1) is 15.5. The lowest BCUT2D eigenvalue weighted by Gasteiger charge is -2.15. The van der Waals surface area contributed by atoms with Crippen LogP contribution < -0.4 is 9.47 Å². The predicted molar refractivity (Wildman–Crippen MR) is 69.3 cm³/mol. The molecule has 0 bridgehead atoms. The zero-order valence-corrected chi connectivity index (χ0v) is 11.4. The number of ether oxygens (including phenoxy) is 2. The summed E-state index contributed by atoms with van der Waals surface area (Å²) in [7, 11) is 0. The van der Waals surface area contributed by atoms with Crippen LogP contribution in [0.15, 0.2) is 24.3 Å². The highest BCUT2D eigenvalue weighted by atomic mass is 19.4. The van der Waals surface area contributed by atoms with Gasteiger partial charge in [-0.15, -0.1) is 0 Å². The quantitative estimate of drug-likeness (QED) is 0.839. The Bertz CT molecular complexity index is 467. The van der Waals surface area contributed by atoms with Gasteiger partial charge in [0.2, 0.25) is 0 Å². The zero-order valence-electron chi connectivity index (χ0n) is 11.4. The first-order chi connectivity index (χ1) is 9.94. The lowest BCUT2D eigenvalue weighted by molar-refractivity contribution is -0.153. The van der Waals surface area contributed by atoms with Crippen molar-refractivity contribution in [1.29, 1.82) is 0 Å². The van der Waals surface area contributed by atoms with E-state index in [-0.39, 0.29) is 18.3 Å². The van der Waals surface area contributed by atoms with Gasteiger partial charge in [-0.2, -0.15) is 13.2 Å². The van der Waals surface area contributed by atoms with Crippen molar-refractivity contribution in [2.24, 2.45) is 0 Å². The maximum atomic E-state index is 12.0. The fraction of sp³-hybridized carbons (Fsp3) is 0.500. The molecule has 2 rings (SSSR count). The summed E-state index contributed by atoms with van der Waals surface area (Å²) in [6, 6.07) is 5.70. The summed E-state index contributed by atoms with van der Waals surface area (Å²) in [4.78, 5) is 13.5. The van der Waals surface area contributed by atoms with E-state index in [1.807, 2.05) is 0 Å². The van der Waals surface area contributed by atoms with Gasteiger partial charge in [0.05, 0.1) is 0 Å². The number of rotatable bonds is 5. The summed E-state index contributed by atoms with van der Waals surface area (Å²) < 4.78 is 45.8. The zero-order chi connectivity index (χ0) is 15.3. The van der Waals surface area contributed by atoms with Gasteiger partial charge in [0.1, 0.15) is 11.5 Å². The summed E-state index contributed by atoms with van der Waals surface area (Å²) >= 11 is 0. The van der Waals surface area contributed by atoms with Crippen LogP contribution in [0.2, 0.25) is 0 Å². The molecule has 7 heteroatoms. The van der Waals surface area contributed by atoms with Gasteiger partial charge in [0.25, 0.3) is 5.91 Å². The summed E-state index contributed by atoms with van der Waals surface area (Å²) in [5.74, 6) is 0.442. The van der Waals surface area contributed by atoms with E-state index in [1.54, 1.807) is 4.90 Å². The molecule has 4 nitrogen and oxygen atoms in total. The van der Waals surface area contributed by atoms with E-state index in [0.29, 0.717) is 5.75 Å². The minimum Gasteiger partial charge on any atom is -0.484 e. The summed E-state index contributed by atoms with van der Waals surface area (Å²) in [6.07, 6.45) is -2.34. The van der Waals surface area contributed by atoms with E-state index in [2.05, 4.69) is 4.74 Å². The minimum absolute atomic E-state index is 0.0667. The number of nitrogens with zero attached hydrogens (tertiary/aromatic N) is 1. The van der Waals surface area contributed by atoms with Crippen molar-refractivity contribution in [3.63, 3.8) is 0 Å². The molecule has 116 valence electrons. The molecule has 1 amide bonds. The average molecular weight is 303 g/mol. The lowest BCUT2D eigenvalue weighted by atomic mass is 10.3. The van der Waals surface area contributed by atoms with Gasteiger partial charge in [0, 0.05) is 13.1 Å². The van der Waals surface area contributed by atoms with Crippen molar-refractivity contribution in [2.75, 3.05) is 26.3 Å². The highest BCUT2D eigenvalue weighted by Crippen LogP contribution is 2.21. The van der Waals surface area contributed by atoms with Gasteiger partial charge in [-0.05, 0) is 37.1 Å². The van der Waals surface area contributed by atoms with Gasteiger partial charge in [-0.25, -0.2) is 0 Å². The van der Waals surface area contributed by atoms with Gasteiger partial charge in [-0.1, -0.05) is 0 Å².